The average Bonchev–Trinajstić information content (AvgIpc) is 3.03. The molecule has 0 saturated heterocycles. The summed E-state index contributed by atoms with van der Waals surface area (Å²) in [7, 11) is 3.69. The first-order chi connectivity index (χ1) is 10.4. The average molecular weight is 310 g/mol. The first kappa shape index (κ1) is 18.2. The summed E-state index contributed by atoms with van der Waals surface area (Å²) in [5.74, 6) is 0. The second kappa shape index (κ2) is 9.26. The molecule has 0 fully saturated rings. The van der Waals surface area contributed by atoms with Crippen LogP contribution in [0, 0.1) is 0 Å². The Morgan fingerprint density at radius 1 is 1.00 bits per heavy atom. The Hall–Kier alpha value is -1.80. The zero-order valence-electron chi connectivity index (χ0n) is 14.2. The van der Waals surface area contributed by atoms with Crippen LogP contribution in [0.2, 0.25) is 0 Å². The maximum absolute atomic E-state index is 5.37. The van der Waals surface area contributed by atoms with Gasteiger partial charge in [0.2, 0.25) is 0 Å². The maximum atomic E-state index is 5.37. The normalized spacial score (nSPS) is 10.9. The molecule has 22 heavy (non-hydrogen) atoms. The predicted molar refractivity (Wildman–Crippen MR) is 81.9 cm³/mol. The van der Waals surface area contributed by atoms with Crippen molar-refractivity contribution in [1.29, 1.82) is 0 Å². The third-order valence-electron chi connectivity index (χ3n) is 2.59. The van der Waals surface area contributed by atoms with E-state index in [1.54, 1.807) is 15.6 Å². The van der Waals surface area contributed by atoms with E-state index in [-0.39, 0.29) is 12.2 Å². The van der Waals surface area contributed by atoms with Crippen LogP contribution in [0.5, 0.6) is 0 Å². The summed E-state index contributed by atoms with van der Waals surface area (Å²) >= 11 is 0. The Bertz CT molecular complexity index is 535. The molecule has 0 spiro atoms. The highest BCUT2D eigenvalue weighted by atomic mass is 16.5. The highest BCUT2D eigenvalue weighted by molar-refractivity contribution is 4.90. The van der Waals surface area contributed by atoms with Crippen molar-refractivity contribution in [2.75, 3.05) is 0 Å². The summed E-state index contributed by atoms with van der Waals surface area (Å²) in [4.78, 5) is 0. The SMILES string of the molecule is CC(C)OCc1cn(C)nn1.CC(C)OCc1cnnn1C. The van der Waals surface area contributed by atoms with Gasteiger partial charge >= 0.3 is 0 Å². The Morgan fingerprint density at radius 3 is 2.09 bits per heavy atom. The summed E-state index contributed by atoms with van der Waals surface area (Å²) in [6, 6.07) is 0. The minimum Gasteiger partial charge on any atom is -0.372 e. The van der Waals surface area contributed by atoms with E-state index in [2.05, 4.69) is 20.6 Å². The number of ether oxygens (including phenoxy) is 2. The Balaban J connectivity index is 0.000000220. The van der Waals surface area contributed by atoms with E-state index >= 15 is 0 Å². The number of aromatic nitrogens is 6. The van der Waals surface area contributed by atoms with E-state index in [0.717, 1.165) is 11.4 Å². The first-order valence-electron chi connectivity index (χ1n) is 7.30. The Kier molecular flexibility index (Phi) is 7.69. The molecule has 0 aliphatic rings. The molecule has 0 aromatic carbocycles. The topological polar surface area (TPSA) is 79.9 Å². The van der Waals surface area contributed by atoms with Crippen LogP contribution in [0.25, 0.3) is 0 Å². The van der Waals surface area contributed by atoms with Gasteiger partial charge in [-0.15, -0.1) is 10.2 Å². The summed E-state index contributed by atoms with van der Waals surface area (Å²) < 4.78 is 14.1. The fourth-order valence-electron chi connectivity index (χ4n) is 1.41. The van der Waals surface area contributed by atoms with Crippen molar-refractivity contribution < 1.29 is 9.47 Å². The number of aryl methyl sites for hydroxylation is 2. The standard InChI is InChI=1S/2C7H13N3O/c1-6(2)11-5-7-4-10(3)9-8-7;1-6(2)11-5-7-4-8-9-10(7)3/h2*4,6H,5H2,1-3H3. The van der Waals surface area contributed by atoms with Crippen LogP contribution in [0.4, 0.5) is 0 Å². The van der Waals surface area contributed by atoms with Crippen LogP contribution in [0.3, 0.4) is 0 Å². The molecule has 0 aliphatic carbocycles. The van der Waals surface area contributed by atoms with E-state index in [4.69, 9.17) is 9.47 Å². The fourth-order valence-corrected chi connectivity index (χ4v) is 1.41. The zero-order valence-corrected chi connectivity index (χ0v) is 14.2. The molecule has 2 rings (SSSR count). The maximum Gasteiger partial charge on any atom is 0.108 e. The smallest absolute Gasteiger partial charge is 0.108 e. The first-order valence-corrected chi connectivity index (χ1v) is 7.30. The van der Waals surface area contributed by atoms with Gasteiger partial charge in [-0.1, -0.05) is 10.4 Å². The van der Waals surface area contributed by atoms with Crippen molar-refractivity contribution in [2.45, 2.75) is 53.1 Å². The van der Waals surface area contributed by atoms with Crippen LogP contribution in [0.15, 0.2) is 12.4 Å². The van der Waals surface area contributed by atoms with E-state index < -0.39 is 0 Å². The molecule has 0 amide bonds. The monoisotopic (exact) mass is 310 g/mol. The lowest BCUT2D eigenvalue weighted by Crippen LogP contribution is -2.06. The molecule has 8 heteroatoms. The minimum absolute atomic E-state index is 0.247. The number of hydrogen-bond donors (Lipinski definition) is 0. The lowest BCUT2D eigenvalue weighted by molar-refractivity contribution is 0.0616. The largest absolute Gasteiger partial charge is 0.372 e. The van der Waals surface area contributed by atoms with Gasteiger partial charge in [0.1, 0.15) is 5.69 Å². The van der Waals surface area contributed by atoms with E-state index in [9.17, 15) is 0 Å². The van der Waals surface area contributed by atoms with Crippen molar-refractivity contribution in [3.63, 3.8) is 0 Å². The van der Waals surface area contributed by atoms with Crippen molar-refractivity contribution in [1.82, 2.24) is 30.0 Å². The summed E-state index contributed by atoms with van der Waals surface area (Å²) in [6.45, 7) is 9.13. The second-order valence-corrected chi connectivity index (χ2v) is 5.45. The van der Waals surface area contributed by atoms with Crippen LogP contribution in [-0.4, -0.2) is 42.2 Å². The quantitative estimate of drug-likeness (QED) is 0.804. The van der Waals surface area contributed by atoms with Crippen LogP contribution >= 0.6 is 0 Å². The van der Waals surface area contributed by atoms with Crippen molar-refractivity contribution >= 4 is 0 Å². The number of rotatable bonds is 6. The van der Waals surface area contributed by atoms with Crippen molar-refractivity contribution in [3.8, 4) is 0 Å². The second-order valence-electron chi connectivity index (χ2n) is 5.45. The third kappa shape index (κ3) is 7.28. The molecular formula is C14H26N6O2. The molecule has 0 aliphatic heterocycles. The lowest BCUT2D eigenvalue weighted by atomic mass is 10.4. The molecule has 0 atom stereocenters. The van der Waals surface area contributed by atoms with Crippen molar-refractivity contribution in [2.24, 2.45) is 14.1 Å². The van der Waals surface area contributed by atoms with Gasteiger partial charge in [-0.05, 0) is 27.7 Å². The molecule has 0 bridgehead atoms. The van der Waals surface area contributed by atoms with Crippen LogP contribution < -0.4 is 0 Å². The van der Waals surface area contributed by atoms with Gasteiger partial charge in [0.15, 0.2) is 0 Å². The Morgan fingerprint density at radius 2 is 1.64 bits per heavy atom. The minimum atomic E-state index is 0.247. The van der Waals surface area contributed by atoms with Gasteiger partial charge in [-0.3, -0.25) is 9.36 Å². The molecular weight excluding hydrogens is 284 g/mol. The van der Waals surface area contributed by atoms with Gasteiger partial charge in [0.05, 0.1) is 43.5 Å². The highest BCUT2D eigenvalue weighted by Gasteiger charge is 2.00. The van der Waals surface area contributed by atoms with Crippen LogP contribution in [-0.2, 0) is 36.8 Å². The summed E-state index contributed by atoms with van der Waals surface area (Å²) in [5.41, 5.74) is 1.87. The zero-order chi connectivity index (χ0) is 16.5. The van der Waals surface area contributed by atoms with E-state index in [1.807, 2.05) is 48.0 Å². The van der Waals surface area contributed by atoms with Crippen molar-refractivity contribution in [3.05, 3.63) is 23.8 Å². The molecule has 2 heterocycles. The van der Waals surface area contributed by atoms with Gasteiger partial charge in [0.25, 0.3) is 0 Å². The molecule has 2 aromatic rings. The molecule has 0 unspecified atom stereocenters. The van der Waals surface area contributed by atoms with Crippen LogP contribution in [0.1, 0.15) is 39.1 Å². The molecule has 0 saturated carbocycles. The fraction of sp³-hybridized carbons (Fsp3) is 0.714. The number of hydrogen-bond acceptors (Lipinski definition) is 6. The van der Waals surface area contributed by atoms with Gasteiger partial charge in [-0.25, -0.2) is 0 Å². The summed E-state index contributed by atoms with van der Waals surface area (Å²) in [6.07, 6.45) is 4.06. The van der Waals surface area contributed by atoms with Gasteiger partial charge in [0, 0.05) is 14.1 Å². The molecule has 124 valence electrons. The van der Waals surface area contributed by atoms with Gasteiger partial charge < -0.3 is 9.47 Å². The predicted octanol–water partition coefficient (Wildman–Crippen LogP) is 1.48. The molecule has 0 N–H and O–H groups in total. The summed E-state index contributed by atoms with van der Waals surface area (Å²) in [5, 5.41) is 15.2. The number of nitrogens with zero attached hydrogens (tertiary/aromatic N) is 6. The molecule has 0 radical (unpaired) electrons. The lowest BCUT2D eigenvalue weighted by Gasteiger charge is -2.05. The third-order valence-corrected chi connectivity index (χ3v) is 2.59. The molecule has 2 aromatic heterocycles. The van der Waals surface area contributed by atoms with E-state index in [1.165, 1.54) is 0 Å². The Labute approximate surface area is 131 Å². The molecule has 8 nitrogen and oxygen atoms in total. The van der Waals surface area contributed by atoms with E-state index in [0.29, 0.717) is 13.2 Å². The van der Waals surface area contributed by atoms with Gasteiger partial charge in [-0.2, -0.15) is 0 Å². The highest BCUT2D eigenvalue weighted by Crippen LogP contribution is 1.99.